The van der Waals surface area contributed by atoms with E-state index >= 15 is 0 Å². The molecule has 0 bridgehead atoms. The van der Waals surface area contributed by atoms with Gasteiger partial charge in [0.25, 0.3) is 5.91 Å². The van der Waals surface area contributed by atoms with E-state index in [1.165, 1.54) is 0 Å². The summed E-state index contributed by atoms with van der Waals surface area (Å²) in [4.78, 5) is 42.6. The maximum Gasteiger partial charge on any atom is 0.490 e. The van der Waals surface area contributed by atoms with Gasteiger partial charge in [-0.05, 0) is 37.3 Å². The number of carbonyl (C=O) groups excluding carboxylic acids is 2. The SMILES string of the molecule is Cc1cccc(C(=O)N2Cc3ccnn3C(CC(=O)N(C)Cc3ccccn3)C2)c1.O=C(O)C(F)(F)F. The van der Waals surface area contributed by atoms with Gasteiger partial charge in [0.05, 0.1) is 36.9 Å². The van der Waals surface area contributed by atoms with Crippen molar-refractivity contribution in [2.75, 3.05) is 13.6 Å². The highest BCUT2D eigenvalue weighted by molar-refractivity contribution is 5.94. The first-order chi connectivity index (χ1) is 17.5. The third-order valence-corrected chi connectivity index (χ3v) is 5.64. The van der Waals surface area contributed by atoms with Crippen LogP contribution >= 0.6 is 0 Å². The number of pyridine rings is 1. The molecule has 1 aromatic carbocycles. The molecule has 0 spiro atoms. The van der Waals surface area contributed by atoms with E-state index < -0.39 is 12.1 Å². The second kappa shape index (κ2) is 11.7. The average molecular weight is 518 g/mol. The molecule has 9 nitrogen and oxygen atoms in total. The Kier molecular flexibility index (Phi) is 8.64. The van der Waals surface area contributed by atoms with E-state index in [0.29, 0.717) is 25.2 Å². The minimum absolute atomic E-state index is 0.00282. The number of carboxylic acids is 1. The van der Waals surface area contributed by atoms with Crippen LogP contribution in [0.4, 0.5) is 13.2 Å². The number of aromatic nitrogens is 3. The van der Waals surface area contributed by atoms with Crippen LogP contribution in [0, 0.1) is 6.92 Å². The number of alkyl halides is 3. The molecule has 0 aliphatic carbocycles. The van der Waals surface area contributed by atoms with Crippen molar-refractivity contribution < 1.29 is 32.7 Å². The summed E-state index contributed by atoms with van der Waals surface area (Å²) in [6.45, 7) is 3.36. The number of carboxylic acid groups (broad SMARTS) is 1. The number of aliphatic carboxylic acids is 1. The van der Waals surface area contributed by atoms with Gasteiger partial charge in [-0.1, -0.05) is 23.8 Å². The molecule has 0 fully saturated rings. The van der Waals surface area contributed by atoms with Crippen LogP contribution in [-0.4, -0.2) is 67.2 Å². The molecule has 0 saturated carbocycles. The monoisotopic (exact) mass is 517 g/mol. The number of fused-ring (bicyclic) bond motifs is 1. The lowest BCUT2D eigenvalue weighted by molar-refractivity contribution is -0.192. The number of carbonyl (C=O) groups is 3. The van der Waals surface area contributed by atoms with Gasteiger partial charge in [0.1, 0.15) is 0 Å². The predicted octanol–water partition coefficient (Wildman–Crippen LogP) is 3.47. The number of nitrogens with zero attached hydrogens (tertiary/aromatic N) is 5. The summed E-state index contributed by atoms with van der Waals surface area (Å²) in [5, 5.41) is 11.5. The van der Waals surface area contributed by atoms with E-state index in [-0.39, 0.29) is 24.3 Å². The van der Waals surface area contributed by atoms with E-state index in [4.69, 9.17) is 9.90 Å². The summed E-state index contributed by atoms with van der Waals surface area (Å²) in [6.07, 6.45) is -1.36. The lowest BCUT2D eigenvalue weighted by Gasteiger charge is -2.34. The lowest BCUT2D eigenvalue weighted by atomic mass is 10.1. The molecule has 1 atom stereocenters. The highest BCUT2D eigenvalue weighted by Gasteiger charge is 2.38. The number of benzene rings is 1. The third kappa shape index (κ3) is 7.38. The van der Waals surface area contributed by atoms with Crippen LogP contribution in [0.5, 0.6) is 0 Å². The van der Waals surface area contributed by atoms with Gasteiger partial charge >= 0.3 is 12.1 Å². The highest BCUT2D eigenvalue weighted by Crippen LogP contribution is 2.25. The van der Waals surface area contributed by atoms with Gasteiger partial charge in [-0.15, -0.1) is 0 Å². The second-order valence-electron chi connectivity index (χ2n) is 8.55. The van der Waals surface area contributed by atoms with Crippen molar-refractivity contribution in [2.45, 2.75) is 38.7 Å². The highest BCUT2D eigenvalue weighted by atomic mass is 19.4. The van der Waals surface area contributed by atoms with Crippen molar-refractivity contribution in [3.8, 4) is 0 Å². The van der Waals surface area contributed by atoms with E-state index in [1.807, 2.05) is 65.0 Å². The number of aryl methyl sites for hydroxylation is 1. The van der Waals surface area contributed by atoms with Gasteiger partial charge in [0.2, 0.25) is 5.91 Å². The first-order valence-electron chi connectivity index (χ1n) is 11.3. The van der Waals surface area contributed by atoms with Crippen LogP contribution in [0.15, 0.2) is 60.9 Å². The minimum Gasteiger partial charge on any atom is -0.475 e. The van der Waals surface area contributed by atoms with E-state index in [2.05, 4.69) is 10.1 Å². The molecule has 1 aliphatic heterocycles. The van der Waals surface area contributed by atoms with E-state index in [9.17, 15) is 22.8 Å². The maximum atomic E-state index is 13.1. The Hall–Kier alpha value is -4.22. The summed E-state index contributed by atoms with van der Waals surface area (Å²) in [6, 6.07) is 15.0. The molecule has 1 aliphatic rings. The average Bonchev–Trinajstić information content (AvgIpc) is 3.33. The Morgan fingerprint density at radius 1 is 1.11 bits per heavy atom. The summed E-state index contributed by atoms with van der Waals surface area (Å²) >= 11 is 0. The van der Waals surface area contributed by atoms with Crippen molar-refractivity contribution in [3.63, 3.8) is 0 Å². The second-order valence-corrected chi connectivity index (χ2v) is 8.55. The summed E-state index contributed by atoms with van der Waals surface area (Å²) in [7, 11) is 1.78. The number of amides is 2. The molecule has 1 N–H and O–H groups in total. The Balaban J connectivity index is 0.000000479. The number of halogens is 3. The van der Waals surface area contributed by atoms with E-state index in [1.54, 1.807) is 24.3 Å². The van der Waals surface area contributed by atoms with Crippen molar-refractivity contribution >= 4 is 17.8 Å². The molecular weight excluding hydrogens is 491 g/mol. The van der Waals surface area contributed by atoms with Gasteiger partial charge in [-0.2, -0.15) is 18.3 Å². The molecule has 3 heterocycles. The molecule has 0 saturated heterocycles. The quantitative estimate of drug-likeness (QED) is 0.555. The fraction of sp³-hybridized carbons (Fsp3) is 0.320. The Bertz CT molecular complexity index is 1250. The summed E-state index contributed by atoms with van der Waals surface area (Å²) < 4.78 is 33.6. The molecule has 196 valence electrons. The fourth-order valence-corrected chi connectivity index (χ4v) is 3.83. The molecule has 0 radical (unpaired) electrons. The Morgan fingerprint density at radius 2 is 1.84 bits per heavy atom. The van der Waals surface area contributed by atoms with Gasteiger partial charge in [-0.25, -0.2) is 4.79 Å². The van der Waals surface area contributed by atoms with Gasteiger partial charge in [0.15, 0.2) is 0 Å². The number of rotatable bonds is 5. The molecule has 2 aromatic heterocycles. The fourth-order valence-electron chi connectivity index (χ4n) is 3.83. The maximum absolute atomic E-state index is 13.1. The lowest BCUT2D eigenvalue weighted by Crippen LogP contribution is -2.43. The molecule has 37 heavy (non-hydrogen) atoms. The van der Waals surface area contributed by atoms with Gasteiger partial charge in [-0.3, -0.25) is 19.3 Å². The smallest absolute Gasteiger partial charge is 0.475 e. The van der Waals surface area contributed by atoms with Crippen molar-refractivity contribution in [3.05, 3.63) is 83.4 Å². The zero-order valence-corrected chi connectivity index (χ0v) is 20.2. The minimum atomic E-state index is -5.08. The summed E-state index contributed by atoms with van der Waals surface area (Å²) in [5.74, 6) is -2.78. The van der Waals surface area contributed by atoms with Crippen molar-refractivity contribution in [2.24, 2.45) is 0 Å². The largest absolute Gasteiger partial charge is 0.490 e. The molecule has 1 unspecified atom stereocenters. The number of hydrogen-bond donors (Lipinski definition) is 1. The topological polar surface area (TPSA) is 109 Å². The van der Waals surface area contributed by atoms with Crippen molar-refractivity contribution in [1.29, 1.82) is 0 Å². The molecular formula is C25H26F3N5O4. The van der Waals surface area contributed by atoms with Crippen LogP contribution in [0.1, 0.15) is 39.8 Å². The Morgan fingerprint density at radius 3 is 2.46 bits per heavy atom. The normalized spacial score (nSPS) is 14.7. The van der Waals surface area contributed by atoms with Gasteiger partial charge in [0, 0.05) is 31.5 Å². The third-order valence-electron chi connectivity index (χ3n) is 5.64. The first kappa shape index (κ1) is 27.4. The van der Waals surface area contributed by atoms with Crippen LogP contribution in [-0.2, 0) is 22.7 Å². The first-order valence-corrected chi connectivity index (χ1v) is 11.3. The number of hydrogen-bond acceptors (Lipinski definition) is 5. The molecule has 12 heteroatoms. The van der Waals surface area contributed by atoms with Crippen LogP contribution in [0.25, 0.3) is 0 Å². The van der Waals surface area contributed by atoms with Crippen LogP contribution in [0.3, 0.4) is 0 Å². The Labute approximate surface area is 211 Å². The standard InChI is InChI=1S/C23H25N5O2.C2HF3O2/c1-17-6-5-7-18(12-17)23(30)27-15-20-9-11-25-28(20)21(16-27)13-22(29)26(2)14-19-8-3-4-10-24-19;3-2(4,5)1(6)7/h3-12,21H,13-16H2,1-2H3;(H,6,7). The van der Waals surface area contributed by atoms with E-state index in [0.717, 1.165) is 17.0 Å². The molecule has 3 aromatic rings. The predicted molar refractivity (Wildman–Crippen MR) is 126 cm³/mol. The van der Waals surface area contributed by atoms with Crippen LogP contribution < -0.4 is 0 Å². The zero-order valence-electron chi connectivity index (χ0n) is 20.2. The molecule has 4 rings (SSSR count). The van der Waals surface area contributed by atoms with Gasteiger partial charge < -0.3 is 14.9 Å². The van der Waals surface area contributed by atoms with Crippen molar-refractivity contribution in [1.82, 2.24) is 24.6 Å². The zero-order chi connectivity index (χ0) is 27.2. The van der Waals surface area contributed by atoms with Crippen LogP contribution in [0.2, 0.25) is 0 Å². The summed E-state index contributed by atoms with van der Waals surface area (Å²) in [5.41, 5.74) is 3.49. The molecule has 2 amide bonds.